The number of aromatic nitrogens is 2. The molecule has 1 aromatic carbocycles. The summed E-state index contributed by atoms with van der Waals surface area (Å²) in [6.45, 7) is 2.15. The van der Waals surface area contributed by atoms with Crippen molar-refractivity contribution >= 4 is 0 Å². The van der Waals surface area contributed by atoms with Crippen LogP contribution in [0.2, 0.25) is 0 Å². The molecule has 90 valence electrons. The molecule has 2 aromatic rings. The molecule has 2 rings (SSSR count). The van der Waals surface area contributed by atoms with Gasteiger partial charge >= 0.3 is 0 Å². The molecule has 0 radical (unpaired) electrons. The van der Waals surface area contributed by atoms with Gasteiger partial charge in [0.1, 0.15) is 0 Å². The zero-order valence-electron chi connectivity index (χ0n) is 10.2. The normalized spacial score (nSPS) is 12.6. The van der Waals surface area contributed by atoms with Crippen molar-refractivity contribution in [1.82, 2.24) is 15.0 Å². The largest absolute Gasteiger partial charge is 0.336 e. The van der Waals surface area contributed by atoms with Crippen LogP contribution < -0.4 is 11.3 Å². The van der Waals surface area contributed by atoms with Crippen molar-refractivity contribution in [2.75, 3.05) is 0 Å². The van der Waals surface area contributed by atoms with Crippen molar-refractivity contribution in [3.63, 3.8) is 0 Å². The van der Waals surface area contributed by atoms with Crippen LogP contribution >= 0.6 is 0 Å². The van der Waals surface area contributed by atoms with Gasteiger partial charge in [0, 0.05) is 7.05 Å². The van der Waals surface area contributed by atoms with E-state index in [2.05, 4.69) is 41.6 Å². The maximum absolute atomic E-state index is 5.67. The minimum Gasteiger partial charge on any atom is -0.336 e. The third kappa shape index (κ3) is 2.38. The Morgan fingerprint density at radius 2 is 2.29 bits per heavy atom. The molecule has 0 spiro atoms. The number of hydrazine groups is 1. The Balaban J connectivity index is 2.38. The molecule has 0 aliphatic heterocycles. The number of rotatable bonds is 4. The second kappa shape index (κ2) is 5.12. The van der Waals surface area contributed by atoms with Crippen LogP contribution in [0.4, 0.5) is 0 Å². The van der Waals surface area contributed by atoms with Gasteiger partial charge in [0.05, 0.1) is 24.3 Å². The summed E-state index contributed by atoms with van der Waals surface area (Å²) in [4.78, 5) is 4.13. The summed E-state index contributed by atoms with van der Waals surface area (Å²) in [5, 5.41) is 0. The Hall–Kier alpha value is -1.65. The highest BCUT2D eigenvalue weighted by molar-refractivity contribution is 5.31. The average molecular weight is 230 g/mol. The fourth-order valence-electron chi connectivity index (χ4n) is 1.99. The lowest BCUT2D eigenvalue weighted by Crippen LogP contribution is -2.30. The average Bonchev–Trinajstić information content (AvgIpc) is 2.77. The minimum absolute atomic E-state index is 0.0194. The van der Waals surface area contributed by atoms with Gasteiger partial charge in [-0.2, -0.15) is 0 Å². The first-order chi connectivity index (χ1) is 8.26. The summed E-state index contributed by atoms with van der Waals surface area (Å²) in [5.41, 5.74) is 6.38. The van der Waals surface area contributed by atoms with E-state index in [1.807, 2.05) is 17.8 Å². The van der Waals surface area contributed by atoms with Crippen LogP contribution in [0.3, 0.4) is 0 Å². The van der Waals surface area contributed by atoms with Gasteiger partial charge in [-0.25, -0.2) is 10.4 Å². The van der Waals surface area contributed by atoms with Crippen molar-refractivity contribution in [1.29, 1.82) is 0 Å². The molecule has 0 fully saturated rings. The molecule has 4 nitrogen and oxygen atoms in total. The van der Waals surface area contributed by atoms with E-state index < -0.39 is 0 Å². The van der Waals surface area contributed by atoms with E-state index in [9.17, 15) is 0 Å². The van der Waals surface area contributed by atoms with Gasteiger partial charge in [0.2, 0.25) is 0 Å². The molecular formula is C13H18N4. The highest BCUT2D eigenvalue weighted by atomic mass is 15.2. The maximum atomic E-state index is 5.67. The maximum Gasteiger partial charge on any atom is 0.0946 e. The minimum atomic E-state index is -0.0194. The van der Waals surface area contributed by atoms with Crippen molar-refractivity contribution in [2.24, 2.45) is 12.9 Å². The molecule has 0 saturated heterocycles. The van der Waals surface area contributed by atoms with Gasteiger partial charge < -0.3 is 4.57 Å². The molecular weight excluding hydrogens is 212 g/mol. The molecule has 0 aliphatic rings. The Labute approximate surface area is 101 Å². The lowest BCUT2D eigenvalue weighted by Gasteiger charge is -2.17. The first-order valence-corrected chi connectivity index (χ1v) is 5.77. The van der Waals surface area contributed by atoms with E-state index in [0.29, 0.717) is 0 Å². The predicted octanol–water partition coefficient (Wildman–Crippen LogP) is 1.54. The van der Waals surface area contributed by atoms with E-state index in [1.54, 1.807) is 6.33 Å². The zero-order chi connectivity index (χ0) is 12.3. The summed E-state index contributed by atoms with van der Waals surface area (Å²) in [5.74, 6) is 5.67. The molecule has 0 bridgehead atoms. The van der Waals surface area contributed by atoms with Crippen molar-refractivity contribution in [3.8, 4) is 0 Å². The van der Waals surface area contributed by atoms with Gasteiger partial charge in [-0.15, -0.1) is 0 Å². The highest BCUT2D eigenvalue weighted by Crippen LogP contribution is 2.21. The van der Waals surface area contributed by atoms with E-state index in [-0.39, 0.29) is 6.04 Å². The molecule has 4 heteroatoms. The summed E-state index contributed by atoms with van der Waals surface area (Å²) < 4.78 is 1.98. The number of imidazole rings is 1. The van der Waals surface area contributed by atoms with Crippen molar-refractivity contribution in [3.05, 3.63) is 53.6 Å². The summed E-state index contributed by atoms with van der Waals surface area (Å²) in [6, 6.07) is 8.43. The Morgan fingerprint density at radius 3 is 2.88 bits per heavy atom. The number of benzene rings is 1. The van der Waals surface area contributed by atoms with E-state index in [1.165, 1.54) is 5.56 Å². The molecule has 3 N–H and O–H groups in total. The lowest BCUT2D eigenvalue weighted by molar-refractivity contribution is 0.597. The van der Waals surface area contributed by atoms with Crippen LogP contribution in [0.15, 0.2) is 36.8 Å². The third-order valence-electron chi connectivity index (χ3n) is 3.01. The molecule has 1 atom stereocenters. The molecule has 1 heterocycles. The number of nitrogens with zero attached hydrogens (tertiary/aromatic N) is 2. The van der Waals surface area contributed by atoms with Crippen LogP contribution in [-0.4, -0.2) is 9.55 Å². The van der Waals surface area contributed by atoms with E-state index >= 15 is 0 Å². The molecule has 1 unspecified atom stereocenters. The number of nitrogens with one attached hydrogen (secondary N) is 1. The SMILES string of the molecule is CCc1cccc(C(NN)c2cncn2C)c1. The van der Waals surface area contributed by atoms with Gasteiger partial charge in [-0.3, -0.25) is 5.84 Å². The standard InChI is InChI=1S/C13H18N4/c1-3-10-5-4-6-11(7-10)13(16-14)12-8-15-9-17(12)2/h4-9,13,16H,3,14H2,1-2H3. The van der Waals surface area contributed by atoms with Crippen LogP contribution in [0.1, 0.15) is 29.8 Å². The van der Waals surface area contributed by atoms with Crippen LogP contribution in [0, 0.1) is 0 Å². The summed E-state index contributed by atoms with van der Waals surface area (Å²) in [7, 11) is 1.97. The number of aryl methyl sites for hydroxylation is 2. The monoisotopic (exact) mass is 230 g/mol. The molecule has 0 amide bonds. The quantitative estimate of drug-likeness (QED) is 0.618. The molecule has 17 heavy (non-hydrogen) atoms. The Kier molecular flexibility index (Phi) is 3.56. The Bertz CT molecular complexity index is 490. The van der Waals surface area contributed by atoms with Gasteiger partial charge in [-0.1, -0.05) is 31.2 Å². The van der Waals surface area contributed by atoms with E-state index in [0.717, 1.165) is 17.7 Å². The van der Waals surface area contributed by atoms with Gasteiger partial charge in [0.25, 0.3) is 0 Å². The van der Waals surface area contributed by atoms with Crippen molar-refractivity contribution < 1.29 is 0 Å². The van der Waals surface area contributed by atoms with Crippen molar-refractivity contribution in [2.45, 2.75) is 19.4 Å². The third-order valence-corrected chi connectivity index (χ3v) is 3.01. The van der Waals surface area contributed by atoms with Gasteiger partial charge in [-0.05, 0) is 17.5 Å². The Morgan fingerprint density at radius 1 is 1.47 bits per heavy atom. The first kappa shape index (κ1) is 11.8. The fraction of sp³-hybridized carbons (Fsp3) is 0.308. The zero-order valence-corrected chi connectivity index (χ0v) is 10.2. The van der Waals surface area contributed by atoms with Gasteiger partial charge in [0.15, 0.2) is 0 Å². The first-order valence-electron chi connectivity index (χ1n) is 5.77. The lowest BCUT2D eigenvalue weighted by atomic mass is 10.0. The topological polar surface area (TPSA) is 55.9 Å². The summed E-state index contributed by atoms with van der Waals surface area (Å²) >= 11 is 0. The second-order valence-electron chi connectivity index (χ2n) is 4.13. The number of hydrogen-bond donors (Lipinski definition) is 2. The van der Waals surface area contributed by atoms with E-state index in [4.69, 9.17) is 5.84 Å². The fourth-order valence-corrected chi connectivity index (χ4v) is 1.99. The molecule has 0 aliphatic carbocycles. The highest BCUT2D eigenvalue weighted by Gasteiger charge is 2.15. The predicted molar refractivity (Wildman–Crippen MR) is 68.2 cm³/mol. The van der Waals surface area contributed by atoms with Crippen LogP contribution in [-0.2, 0) is 13.5 Å². The number of hydrogen-bond acceptors (Lipinski definition) is 3. The summed E-state index contributed by atoms with van der Waals surface area (Å²) in [6.07, 6.45) is 4.64. The van der Waals surface area contributed by atoms with Crippen LogP contribution in [0.25, 0.3) is 0 Å². The van der Waals surface area contributed by atoms with Crippen LogP contribution in [0.5, 0.6) is 0 Å². The second-order valence-corrected chi connectivity index (χ2v) is 4.13. The smallest absolute Gasteiger partial charge is 0.0946 e. The number of nitrogens with two attached hydrogens (primary N) is 1. The molecule has 0 saturated carbocycles. The molecule has 1 aromatic heterocycles.